The van der Waals surface area contributed by atoms with Gasteiger partial charge in [-0.05, 0) is 20.3 Å². The Hall–Kier alpha value is -0.990. The summed E-state index contributed by atoms with van der Waals surface area (Å²) in [5.41, 5.74) is -1.01. The van der Waals surface area contributed by atoms with Crippen LogP contribution in [0.3, 0.4) is 0 Å². The molecule has 0 aromatic rings. The van der Waals surface area contributed by atoms with Gasteiger partial charge >= 0.3 is 0 Å². The van der Waals surface area contributed by atoms with Crippen molar-refractivity contribution in [1.29, 1.82) is 0 Å². The van der Waals surface area contributed by atoms with E-state index in [1.165, 1.54) is 6.92 Å². The van der Waals surface area contributed by atoms with Crippen LogP contribution >= 0.6 is 0 Å². The zero-order valence-electron chi connectivity index (χ0n) is 8.05. The second kappa shape index (κ2) is 3.40. The maximum atomic E-state index is 11.5. The molecule has 0 atom stereocenters. The fraction of sp³-hybridized carbons (Fsp3) is 0.700. The first-order chi connectivity index (χ1) is 5.97. The highest BCUT2D eigenvalue weighted by Crippen LogP contribution is 2.32. The van der Waals surface area contributed by atoms with Gasteiger partial charge in [0.05, 0.1) is 5.41 Å². The Balaban J connectivity index is 2.87. The van der Waals surface area contributed by atoms with Crippen molar-refractivity contribution in [2.24, 2.45) is 5.41 Å². The van der Waals surface area contributed by atoms with Crippen LogP contribution in [-0.4, -0.2) is 17.3 Å². The molecule has 0 saturated heterocycles. The van der Waals surface area contributed by atoms with Crippen molar-refractivity contribution in [2.45, 2.75) is 39.5 Å². The first-order valence-corrected chi connectivity index (χ1v) is 4.53. The fourth-order valence-corrected chi connectivity index (χ4v) is 1.81. The van der Waals surface area contributed by atoms with Gasteiger partial charge in [-0.2, -0.15) is 0 Å². The quantitative estimate of drug-likeness (QED) is 0.605. The summed E-state index contributed by atoms with van der Waals surface area (Å²) in [6, 6.07) is 0. The molecule has 1 fully saturated rings. The van der Waals surface area contributed by atoms with E-state index in [0.29, 0.717) is 19.3 Å². The number of ketones is 3. The van der Waals surface area contributed by atoms with Crippen LogP contribution < -0.4 is 0 Å². The summed E-state index contributed by atoms with van der Waals surface area (Å²) in [4.78, 5) is 33.9. The molecule has 1 aliphatic carbocycles. The third kappa shape index (κ3) is 1.85. The molecule has 0 aliphatic heterocycles. The Morgan fingerprint density at radius 1 is 1.31 bits per heavy atom. The number of carbonyl (C=O) groups is 3. The molecule has 0 unspecified atom stereocenters. The maximum Gasteiger partial charge on any atom is 0.146 e. The smallest absolute Gasteiger partial charge is 0.146 e. The van der Waals surface area contributed by atoms with E-state index in [1.807, 2.05) is 0 Å². The van der Waals surface area contributed by atoms with Crippen LogP contribution in [0.2, 0.25) is 0 Å². The van der Waals surface area contributed by atoms with Gasteiger partial charge in [0.15, 0.2) is 0 Å². The summed E-state index contributed by atoms with van der Waals surface area (Å²) in [5, 5.41) is 0. The van der Waals surface area contributed by atoms with Gasteiger partial charge in [-0.15, -0.1) is 0 Å². The molecule has 0 heterocycles. The van der Waals surface area contributed by atoms with Gasteiger partial charge in [-0.25, -0.2) is 0 Å². The Morgan fingerprint density at radius 2 is 1.77 bits per heavy atom. The molecular formula is C10H14O3. The average Bonchev–Trinajstić information content (AvgIpc) is 1.99. The van der Waals surface area contributed by atoms with Crippen molar-refractivity contribution < 1.29 is 14.4 Å². The molecule has 1 rings (SSSR count). The zero-order valence-corrected chi connectivity index (χ0v) is 8.05. The lowest BCUT2D eigenvalue weighted by atomic mass is 9.70. The number of Topliss-reactive ketones (excluding diaryl/α,β-unsaturated/α-hetero) is 3. The predicted molar refractivity (Wildman–Crippen MR) is 47.3 cm³/mol. The fourth-order valence-electron chi connectivity index (χ4n) is 1.81. The van der Waals surface area contributed by atoms with Crippen molar-refractivity contribution >= 4 is 17.3 Å². The summed E-state index contributed by atoms with van der Waals surface area (Å²) in [7, 11) is 0. The van der Waals surface area contributed by atoms with Crippen LogP contribution in [-0.2, 0) is 14.4 Å². The second-order valence-corrected chi connectivity index (χ2v) is 3.91. The van der Waals surface area contributed by atoms with Crippen LogP contribution in [0.15, 0.2) is 0 Å². The first-order valence-electron chi connectivity index (χ1n) is 4.53. The first kappa shape index (κ1) is 10.1. The molecule has 0 aromatic carbocycles. The predicted octanol–water partition coefficient (Wildman–Crippen LogP) is 1.29. The van der Waals surface area contributed by atoms with E-state index in [-0.39, 0.29) is 23.8 Å². The number of carbonyl (C=O) groups excluding carboxylic acids is 3. The molecule has 0 bridgehead atoms. The number of rotatable bonds is 2. The van der Waals surface area contributed by atoms with Crippen LogP contribution in [0.4, 0.5) is 0 Å². The molecule has 13 heavy (non-hydrogen) atoms. The third-order valence-corrected chi connectivity index (χ3v) is 2.64. The SMILES string of the molecule is CC(=O)CC1(C)C(=O)CCCC1=O. The van der Waals surface area contributed by atoms with Crippen molar-refractivity contribution in [2.75, 3.05) is 0 Å². The van der Waals surface area contributed by atoms with Crippen molar-refractivity contribution in [1.82, 2.24) is 0 Å². The molecule has 0 spiro atoms. The average molecular weight is 182 g/mol. The van der Waals surface area contributed by atoms with Gasteiger partial charge < -0.3 is 0 Å². The lowest BCUT2D eigenvalue weighted by molar-refractivity contribution is -0.145. The van der Waals surface area contributed by atoms with Crippen LogP contribution in [0.5, 0.6) is 0 Å². The van der Waals surface area contributed by atoms with Gasteiger partial charge in [0, 0.05) is 19.3 Å². The molecule has 3 nitrogen and oxygen atoms in total. The molecule has 1 aliphatic rings. The van der Waals surface area contributed by atoms with Crippen molar-refractivity contribution in [3.05, 3.63) is 0 Å². The Kier molecular flexibility index (Phi) is 2.64. The van der Waals surface area contributed by atoms with E-state index in [4.69, 9.17) is 0 Å². The van der Waals surface area contributed by atoms with Crippen LogP contribution in [0.25, 0.3) is 0 Å². The van der Waals surface area contributed by atoms with Crippen LogP contribution in [0, 0.1) is 5.41 Å². The topological polar surface area (TPSA) is 51.2 Å². The minimum atomic E-state index is -1.01. The molecule has 0 aromatic heterocycles. The highest BCUT2D eigenvalue weighted by atomic mass is 16.2. The third-order valence-electron chi connectivity index (χ3n) is 2.64. The number of hydrogen-bond donors (Lipinski definition) is 0. The minimum Gasteiger partial charge on any atom is -0.300 e. The summed E-state index contributed by atoms with van der Waals surface area (Å²) in [6.45, 7) is 3.01. The Labute approximate surface area is 77.5 Å². The number of hydrogen-bond acceptors (Lipinski definition) is 3. The van der Waals surface area contributed by atoms with Gasteiger partial charge in [0.1, 0.15) is 17.3 Å². The lowest BCUT2D eigenvalue weighted by Gasteiger charge is -2.29. The van der Waals surface area contributed by atoms with E-state index in [0.717, 1.165) is 0 Å². The highest BCUT2D eigenvalue weighted by Gasteiger charge is 2.43. The van der Waals surface area contributed by atoms with E-state index in [9.17, 15) is 14.4 Å². The molecule has 3 heteroatoms. The molecule has 0 N–H and O–H groups in total. The van der Waals surface area contributed by atoms with E-state index in [1.54, 1.807) is 6.92 Å². The van der Waals surface area contributed by atoms with Gasteiger partial charge in [-0.1, -0.05) is 0 Å². The summed E-state index contributed by atoms with van der Waals surface area (Å²) < 4.78 is 0. The summed E-state index contributed by atoms with van der Waals surface area (Å²) >= 11 is 0. The largest absolute Gasteiger partial charge is 0.300 e. The molecule has 0 amide bonds. The normalized spacial score (nSPS) is 21.7. The molecular weight excluding hydrogens is 168 g/mol. The van der Waals surface area contributed by atoms with Gasteiger partial charge in [0.25, 0.3) is 0 Å². The van der Waals surface area contributed by atoms with Crippen LogP contribution in [0.1, 0.15) is 39.5 Å². The summed E-state index contributed by atoms with van der Waals surface area (Å²) in [6.07, 6.45) is 1.60. The second-order valence-electron chi connectivity index (χ2n) is 3.91. The van der Waals surface area contributed by atoms with E-state index < -0.39 is 5.41 Å². The monoisotopic (exact) mass is 182 g/mol. The van der Waals surface area contributed by atoms with Gasteiger partial charge in [0.2, 0.25) is 0 Å². The minimum absolute atomic E-state index is 0.0704. The molecule has 72 valence electrons. The summed E-state index contributed by atoms with van der Waals surface area (Å²) in [5.74, 6) is -0.232. The van der Waals surface area contributed by atoms with E-state index >= 15 is 0 Å². The zero-order chi connectivity index (χ0) is 10.1. The Morgan fingerprint density at radius 3 is 2.15 bits per heavy atom. The standard InChI is InChI=1S/C10H14O3/c1-7(11)6-10(2)8(12)4-3-5-9(10)13/h3-6H2,1-2H3. The Bertz CT molecular complexity index is 249. The maximum absolute atomic E-state index is 11.5. The molecule has 1 saturated carbocycles. The van der Waals surface area contributed by atoms with Crippen molar-refractivity contribution in [3.8, 4) is 0 Å². The lowest BCUT2D eigenvalue weighted by Crippen LogP contribution is -2.41. The van der Waals surface area contributed by atoms with Gasteiger partial charge in [-0.3, -0.25) is 14.4 Å². The highest BCUT2D eigenvalue weighted by molar-refractivity contribution is 6.10. The van der Waals surface area contributed by atoms with E-state index in [2.05, 4.69) is 0 Å². The molecule has 0 radical (unpaired) electrons. The van der Waals surface area contributed by atoms with Crippen molar-refractivity contribution in [3.63, 3.8) is 0 Å².